The van der Waals surface area contributed by atoms with E-state index in [-0.39, 0.29) is 11.7 Å². The molecule has 18 heavy (non-hydrogen) atoms. The maximum absolute atomic E-state index is 12.7. The fourth-order valence-corrected chi connectivity index (χ4v) is 1.78. The number of hydrogen-bond donors (Lipinski definition) is 1. The van der Waals surface area contributed by atoms with Crippen molar-refractivity contribution in [2.75, 3.05) is 13.6 Å². The van der Waals surface area contributed by atoms with Gasteiger partial charge in [0.25, 0.3) is 0 Å². The number of rotatable bonds is 6. The summed E-state index contributed by atoms with van der Waals surface area (Å²) in [6.45, 7) is 2.60. The van der Waals surface area contributed by atoms with Crippen molar-refractivity contribution < 1.29 is 9.18 Å². The Hall–Kier alpha value is -1.42. The Labute approximate surface area is 108 Å². The molecule has 2 N–H and O–H groups in total. The lowest BCUT2D eigenvalue weighted by atomic mass is 10.1. The lowest BCUT2D eigenvalue weighted by Crippen LogP contribution is -2.42. The molecule has 1 unspecified atom stereocenters. The Kier molecular flexibility index (Phi) is 5.78. The maximum Gasteiger partial charge on any atom is 0.239 e. The van der Waals surface area contributed by atoms with Crippen molar-refractivity contribution in [3.05, 3.63) is 35.6 Å². The van der Waals surface area contributed by atoms with Crippen LogP contribution in [0.15, 0.2) is 24.3 Å². The third kappa shape index (κ3) is 4.45. The van der Waals surface area contributed by atoms with Crippen molar-refractivity contribution in [3.63, 3.8) is 0 Å². The van der Waals surface area contributed by atoms with Crippen LogP contribution in [0.25, 0.3) is 0 Å². The van der Waals surface area contributed by atoms with E-state index in [1.54, 1.807) is 24.1 Å². The summed E-state index contributed by atoms with van der Waals surface area (Å²) in [6, 6.07) is 5.92. The van der Waals surface area contributed by atoms with Gasteiger partial charge in [-0.05, 0) is 30.5 Å². The Morgan fingerprint density at radius 2 is 2.00 bits per heavy atom. The first kappa shape index (κ1) is 14.6. The van der Waals surface area contributed by atoms with E-state index in [0.717, 1.165) is 12.0 Å². The van der Waals surface area contributed by atoms with Crippen LogP contribution in [-0.2, 0) is 11.2 Å². The van der Waals surface area contributed by atoms with Crippen LogP contribution in [0.5, 0.6) is 0 Å². The molecular formula is C14H21FN2O. The zero-order valence-electron chi connectivity index (χ0n) is 11.0. The van der Waals surface area contributed by atoms with Crippen molar-refractivity contribution >= 4 is 5.91 Å². The first-order chi connectivity index (χ1) is 8.54. The van der Waals surface area contributed by atoms with Gasteiger partial charge in [-0.25, -0.2) is 4.39 Å². The van der Waals surface area contributed by atoms with Crippen LogP contribution in [0.2, 0.25) is 0 Å². The molecule has 0 radical (unpaired) electrons. The third-order valence-electron chi connectivity index (χ3n) is 2.94. The molecule has 0 aromatic heterocycles. The summed E-state index contributed by atoms with van der Waals surface area (Å²) in [5, 5.41) is 0. The van der Waals surface area contributed by atoms with Gasteiger partial charge in [-0.3, -0.25) is 4.79 Å². The monoisotopic (exact) mass is 252 g/mol. The highest BCUT2D eigenvalue weighted by Gasteiger charge is 2.16. The van der Waals surface area contributed by atoms with E-state index >= 15 is 0 Å². The van der Waals surface area contributed by atoms with Crippen molar-refractivity contribution in [2.24, 2.45) is 5.73 Å². The molecular weight excluding hydrogens is 231 g/mol. The fourth-order valence-electron chi connectivity index (χ4n) is 1.78. The lowest BCUT2D eigenvalue weighted by Gasteiger charge is -2.21. The van der Waals surface area contributed by atoms with Crippen LogP contribution in [0.1, 0.15) is 25.3 Å². The van der Waals surface area contributed by atoms with Crippen LogP contribution < -0.4 is 5.73 Å². The highest BCUT2D eigenvalue weighted by atomic mass is 19.1. The number of carbonyl (C=O) groups is 1. The molecule has 1 amide bonds. The van der Waals surface area contributed by atoms with Crippen LogP contribution in [0, 0.1) is 5.82 Å². The SMILES string of the molecule is CCCC(N)C(=O)N(C)CCc1ccc(F)cc1. The molecule has 0 bridgehead atoms. The molecule has 0 fully saturated rings. The van der Waals surface area contributed by atoms with Gasteiger partial charge in [0.05, 0.1) is 6.04 Å². The van der Waals surface area contributed by atoms with Crippen LogP contribution >= 0.6 is 0 Å². The molecule has 1 aromatic rings. The molecule has 100 valence electrons. The van der Waals surface area contributed by atoms with E-state index in [1.165, 1.54) is 12.1 Å². The fraction of sp³-hybridized carbons (Fsp3) is 0.500. The lowest BCUT2D eigenvalue weighted by molar-refractivity contribution is -0.131. The van der Waals surface area contributed by atoms with Crippen molar-refractivity contribution in [2.45, 2.75) is 32.2 Å². The summed E-state index contributed by atoms with van der Waals surface area (Å²) in [7, 11) is 1.75. The zero-order valence-corrected chi connectivity index (χ0v) is 11.0. The minimum Gasteiger partial charge on any atom is -0.344 e. The average Bonchev–Trinajstić information content (AvgIpc) is 2.37. The maximum atomic E-state index is 12.7. The topological polar surface area (TPSA) is 46.3 Å². The predicted molar refractivity (Wildman–Crippen MR) is 70.6 cm³/mol. The van der Waals surface area contributed by atoms with E-state index in [4.69, 9.17) is 5.73 Å². The molecule has 0 aliphatic heterocycles. The van der Waals surface area contributed by atoms with Gasteiger partial charge in [-0.15, -0.1) is 0 Å². The Morgan fingerprint density at radius 1 is 1.39 bits per heavy atom. The number of likely N-dealkylation sites (N-methyl/N-ethyl adjacent to an activating group) is 1. The van der Waals surface area contributed by atoms with E-state index < -0.39 is 6.04 Å². The molecule has 4 heteroatoms. The van der Waals surface area contributed by atoms with Gasteiger partial charge in [-0.2, -0.15) is 0 Å². The molecule has 0 heterocycles. The number of nitrogens with zero attached hydrogens (tertiary/aromatic N) is 1. The first-order valence-electron chi connectivity index (χ1n) is 6.29. The summed E-state index contributed by atoms with van der Waals surface area (Å²) in [5.41, 5.74) is 6.79. The number of nitrogens with two attached hydrogens (primary N) is 1. The molecule has 1 rings (SSSR count). The average molecular weight is 252 g/mol. The van der Waals surface area contributed by atoms with Crippen LogP contribution in [-0.4, -0.2) is 30.4 Å². The second kappa shape index (κ2) is 7.11. The molecule has 3 nitrogen and oxygen atoms in total. The minimum absolute atomic E-state index is 0.0287. The van der Waals surface area contributed by atoms with Gasteiger partial charge in [0.1, 0.15) is 5.82 Å². The summed E-state index contributed by atoms with van der Waals surface area (Å²) in [5.74, 6) is -0.271. The van der Waals surface area contributed by atoms with Gasteiger partial charge < -0.3 is 10.6 Å². The molecule has 0 saturated carbocycles. The number of benzene rings is 1. The van der Waals surface area contributed by atoms with Crippen molar-refractivity contribution in [3.8, 4) is 0 Å². The Morgan fingerprint density at radius 3 is 2.56 bits per heavy atom. The number of hydrogen-bond acceptors (Lipinski definition) is 2. The van der Waals surface area contributed by atoms with Gasteiger partial charge in [-0.1, -0.05) is 25.5 Å². The Balaban J connectivity index is 2.43. The highest BCUT2D eigenvalue weighted by molar-refractivity contribution is 5.81. The largest absolute Gasteiger partial charge is 0.344 e. The van der Waals surface area contributed by atoms with Crippen molar-refractivity contribution in [1.82, 2.24) is 4.90 Å². The molecule has 1 aromatic carbocycles. The standard InChI is InChI=1S/C14H21FN2O/c1-3-4-13(16)14(18)17(2)10-9-11-5-7-12(15)8-6-11/h5-8,13H,3-4,9-10,16H2,1-2H3. The molecule has 0 saturated heterocycles. The number of amides is 1. The zero-order chi connectivity index (χ0) is 13.5. The molecule has 1 atom stereocenters. The second-order valence-electron chi connectivity index (χ2n) is 4.53. The van der Waals surface area contributed by atoms with E-state index in [2.05, 4.69) is 0 Å². The molecule has 0 aliphatic carbocycles. The summed E-state index contributed by atoms with van der Waals surface area (Å²) in [4.78, 5) is 13.5. The van der Waals surface area contributed by atoms with E-state index in [0.29, 0.717) is 19.4 Å². The van der Waals surface area contributed by atoms with E-state index in [9.17, 15) is 9.18 Å². The summed E-state index contributed by atoms with van der Waals surface area (Å²) < 4.78 is 12.7. The van der Waals surface area contributed by atoms with Crippen LogP contribution in [0.4, 0.5) is 4.39 Å². The summed E-state index contributed by atoms with van der Waals surface area (Å²) in [6.07, 6.45) is 2.32. The third-order valence-corrected chi connectivity index (χ3v) is 2.94. The van der Waals surface area contributed by atoms with E-state index in [1.807, 2.05) is 6.92 Å². The number of carbonyl (C=O) groups excluding carboxylic acids is 1. The smallest absolute Gasteiger partial charge is 0.239 e. The van der Waals surface area contributed by atoms with Crippen molar-refractivity contribution in [1.29, 1.82) is 0 Å². The highest BCUT2D eigenvalue weighted by Crippen LogP contribution is 2.05. The van der Waals surface area contributed by atoms with Gasteiger partial charge in [0, 0.05) is 13.6 Å². The van der Waals surface area contributed by atoms with Crippen LogP contribution in [0.3, 0.4) is 0 Å². The normalized spacial score (nSPS) is 12.2. The molecule has 0 spiro atoms. The summed E-state index contributed by atoms with van der Waals surface area (Å²) >= 11 is 0. The van der Waals surface area contributed by atoms with Gasteiger partial charge >= 0.3 is 0 Å². The molecule has 0 aliphatic rings. The van der Waals surface area contributed by atoms with Gasteiger partial charge in [0.2, 0.25) is 5.91 Å². The second-order valence-corrected chi connectivity index (χ2v) is 4.53. The number of halogens is 1. The first-order valence-corrected chi connectivity index (χ1v) is 6.29. The minimum atomic E-state index is -0.409. The Bertz CT molecular complexity index is 378. The van der Waals surface area contributed by atoms with Gasteiger partial charge in [0.15, 0.2) is 0 Å². The predicted octanol–water partition coefficient (Wildman–Crippen LogP) is 1.95. The quantitative estimate of drug-likeness (QED) is 0.841.